The third kappa shape index (κ3) is 5.63. The number of esters is 1. The van der Waals surface area contributed by atoms with Crippen molar-refractivity contribution < 1.29 is 33.8 Å². The summed E-state index contributed by atoms with van der Waals surface area (Å²) in [5, 5.41) is 12.9. The molecule has 0 aliphatic heterocycles. The molecule has 6 rings (SSSR count). The van der Waals surface area contributed by atoms with Crippen LogP contribution in [0.4, 0.5) is 4.79 Å². The lowest BCUT2D eigenvalue weighted by Gasteiger charge is -2.68. The lowest BCUT2D eigenvalue weighted by atomic mass is 9.37. The molecule has 0 aromatic carbocycles. The first-order valence-electron chi connectivity index (χ1n) is 19.0. The fourth-order valence-corrected chi connectivity index (χ4v) is 12.6. The van der Waals surface area contributed by atoms with Crippen molar-refractivity contribution in [1.29, 1.82) is 0 Å². The molecule has 5 saturated carbocycles. The standard InChI is InChI=1S/C40H61NO7/c1-23(2)32-27(42)21-40(41-35(46)47-24-11-9-10-12-24)20-15-26-25(33(32)40)13-14-29-38(26,7)18-16-28-37(5,6)30(17-19-39(28,29)8)48-31(43)22-36(3,4)34(44)45/h23-26,28-30H,9-22H2,1-8H3,(H,41,46)(H,44,45)/t25?,26?,28?,29?,30-,38-,39-,40+/m0/s1. The van der Waals surface area contributed by atoms with Crippen LogP contribution in [0.5, 0.6) is 0 Å². The molecule has 6 aliphatic carbocycles. The van der Waals surface area contributed by atoms with Crippen molar-refractivity contribution in [2.45, 2.75) is 163 Å². The molecule has 268 valence electrons. The summed E-state index contributed by atoms with van der Waals surface area (Å²) >= 11 is 0. The van der Waals surface area contributed by atoms with E-state index in [9.17, 15) is 24.3 Å². The first kappa shape index (κ1) is 35.4. The van der Waals surface area contributed by atoms with Crippen LogP contribution in [0.2, 0.25) is 0 Å². The molecule has 8 nitrogen and oxygen atoms in total. The van der Waals surface area contributed by atoms with E-state index in [4.69, 9.17) is 9.47 Å². The summed E-state index contributed by atoms with van der Waals surface area (Å²) < 4.78 is 12.0. The summed E-state index contributed by atoms with van der Waals surface area (Å²) in [5.74, 6) is 0.518. The molecule has 0 bridgehead atoms. The van der Waals surface area contributed by atoms with E-state index in [1.165, 1.54) is 5.57 Å². The number of rotatable bonds is 7. The molecule has 0 aromatic heterocycles. The molecule has 48 heavy (non-hydrogen) atoms. The Bertz CT molecular complexity index is 1370. The van der Waals surface area contributed by atoms with Crippen LogP contribution < -0.4 is 5.32 Å². The van der Waals surface area contributed by atoms with Gasteiger partial charge in [-0.1, -0.05) is 41.5 Å². The molecule has 4 unspecified atom stereocenters. The van der Waals surface area contributed by atoms with E-state index in [0.29, 0.717) is 24.2 Å². The molecule has 5 fully saturated rings. The third-order valence-corrected chi connectivity index (χ3v) is 14.9. The van der Waals surface area contributed by atoms with E-state index in [2.05, 4.69) is 46.9 Å². The number of aliphatic carboxylic acids is 1. The molecular formula is C40H61NO7. The van der Waals surface area contributed by atoms with E-state index >= 15 is 0 Å². The van der Waals surface area contributed by atoms with Gasteiger partial charge >= 0.3 is 18.0 Å². The molecule has 0 spiro atoms. The van der Waals surface area contributed by atoms with Crippen LogP contribution >= 0.6 is 0 Å². The zero-order valence-electron chi connectivity index (χ0n) is 30.8. The van der Waals surface area contributed by atoms with Crippen molar-refractivity contribution >= 4 is 23.8 Å². The van der Waals surface area contributed by atoms with Crippen LogP contribution in [0.3, 0.4) is 0 Å². The highest BCUT2D eigenvalue weighted by atomic mass is 16.6. The van der Waals surface area contributed by atoms with E-state index in [0.717, 1.165) is 82.6 Å². The number of alkyl carbamates (subject to hydrolysis) is 1. The second-order valence-electron chi connectivity index (χ2n) is 18.8. The van der Waals surface area contributed by atoms with Crippen molar-refractivity contribution in [2.75, 3.05) is 0 Å². The lowest BCUT2D eigenvalue weighted by molar-refractivity contribution is -0.213. The zero-order valence-corrected chi connectivity index (χ0v) is 30.8. The molecule has 0 heterocycles. The topological polar surface area (TPSA) is 119 Å². The highest BCUT2D eigenvalue weighted by Crippen LogP contribution is 2.72. The summed E-state index contributed by atoms with van der Waals surface area (Å²) in [7, 11) is 0. The number of carbonyl (C=O) groups is 4. The smallest absolute Gasteiger partial charge is 0.408 e. The van der Waals surface area contributed by atoms with E-state index in [1.807, 2.05) is 0 Å². The molecule has 2 N–H and O–H groups in total. The van der Waals surface area contributed by atoms with Gasteiger partial charge in [-0.05, 0) is 142 Å². The monoisotopic (exact) mass is 667 g/mol. The molecule has 0 radical (unpaired) electrons. The second-order valence-corrected chi connectivity index (χ2v) is 18.8. The SMILES string of the molecule is CC(C)C1=C2C3CCC4[C@@](C)(CCC5C(C)(C)[C@@H](OC(=O)CC(C)(C)C(=O)O)CC[C@@]54C)C3CC[C@@]2(NC(=O)OC2CCCC2)CC1=O. The lowest BCUT2D eigenvalue weighted by Crippen LogP contribution is -2.64. The van der Waals surface area contributed by atoms with Crippen LogP contribution in [0.1, 0.15) is 145 Å². The Hall–Kier alpha value is -2.38. The fraction of sp³-hybridized carbons (Fsp3) is 0.850. The van der Waals surface area contributed by atoms with Gasteiger partial charge in [0.25, 0.3) is 0 Å². The first-order chi connectivity index (χ1) is 22.4. The van der Waals surface area contributed by atoms with Crippen LogP contribution in [0.25, 0.3) is 0 Å². The summed E-state index contributed by atoms with van der Waals surface area (Å²) in [6.45, 7) is 17.0. The number of carboxylic acids is 1. The summed E-state index contributed by atoms with van der Waals surface area (Å²) in [6.07, 6.45) is 11.5. The third-order valence-electron chi connectivity index (χ3n) is 14.9. The molecular weight excluding hydrogens is 606 g/mol. The second kappa shape index (κ2) is 12.1. The minimum Gasteiger partial charge on any atom is -0.481 e. The predicted octanol–water partition coefficient (Wildman–Crippen LogP) is 8.41. The van der Waals surface area contributed by atoms with Gasteiger partial charge in [0.15, 0.2) is 5.78 Å². The van der Waals surface area contributed by atoms with Gasteiger partial charge in [0.1, 0.15) is 12.2 Å². The number of carboxylic acid groups (broad SMARTS) is 1. The van der Waals surface area contributed by atoms with Crippen molar-refractivity contribution in [3.8, 4) is 0 Å². The van der Waals surface area contributed by atoms with Crippen LogP contribution in [-0.4, -0.2) is 46.7 Å². The maximum atomic E-state index is 13.8. The normalized spacial score (nSPS) is 39.3. The average molecular weight is 668 g/mol. The Labute approximate surface area is 287 Å². The highest BCUT2D eigenvalue weighted by Gasteiger charge is 2.67. The Morgan fingerprint density at radius 1 is 0.875 bits per heavy atom. The Morgan fingerprint density at radius 3 is 2.19 bits per heavy atom. The predicted molar refractivity (Wildman–Crippen MR) is 183 cm³/mol. The Kier molecular flexibility index (Phi) is 8.97. The van der Waals surface area contributed by atoms with Crippen molar-refractivity contribution in [2.24, 2.45) is 51.2 Å². The zero-order chi connectivity index (χ0) is 35.0. The molecule has 8 atom stereocenters. The quantitative estimate of drug-likeness (QED) is 0.262. The number of allylic oxidation sites excluding steroid dienone is 1. The molecule has 0 aromatic rings. The number of ketones is 1. The first-order valence-corrected chi connectivity index (χ1v) is 19.0. The number of amides is 1. The number of Topliss-reactive ketones (excluding diaryl/α,β-unsaturated/α-hetero) is 1. The number of hydrogen-bond acceptors (Lipinski definition) is 6. The average Bonchev–Trinajstić information content (AvgIpc) is 3.58. The van der Waals surface area contributed by atoms with Gasteiger partial charge in [0.05, 0.1) is 17.4 Å². The van der Waals surface area contributed by atoms with Crippen molar-refractivity contribution in [1.82, 2.24) is 5.32 Å². The summed E-state index contributed by atoms with van der Waals surface area (Å²) in [5.41, 5.74) is 0.367. The van der Waals surface area contributed by atoms with Gasteiger partial charge in [-0.25, -0.2) is 4.79 Å². The van der Waals surface area contributed by atoms with Crippen LogP contribution in [0.15, 0.2) is 11.1 Å². The van der Waals surface area contributed by atoms with Gasteiger partial charge in [-0.15, -0.1) is 0 Å². The maximum absolute atomic E-state index is 13.8. The Balaban J connectivity index is 1.24. The molecule has 6 aliphatic rings. The van der Waals surface area contributed by atoms with Gasteiger partial charge in [-0.3, -0.25) is 14.4 Å². The van der Waals surface area contributed by atoms with Gasteiger partial charge in [-0.2, -0.15) is 0 Å². The van der Waals surface area contributed by atoms with E-state index in [-0.39, 0.29) is 58.6 Å². The van der Waals surface area contributed by atoms with Crippen molar-refractivity contribution in [3.63, 3.8) is 0 Å². The maximum Gasteiger partial charge on any atom is 0.408 e. The van der Waals surface area contributed by atoms with E-state index in [1.54, 1.807) is 13.8 Å². The van der Waals surface area contributed by atoms with E-state index < -0.39 is 22.9 Å². The number of carbonyl (C=O) groups excluding carboxylic acids is 3. The summed E-state index contributed by atoms with van der Waals surface area (Å²) in [6, 6.07) is 0. The van der Waals surface area contributed by atoms with Gasteiger partial charge in [0.2, 0.25) is 0 Å². The van der Waals surface area contributed by atoms with Crippen LogP contribution in [0, 0.1) is 51.2 Å². The van der Waals surface area contributed by atoms with Gasteiger partial charge in [0, 0.05) is 11.8 Å². The molecule has 0 saturated heterocycles. The highest BCUT2D eigenvalue weighted by molar-refractivity contribution is 6.02. The number of fused-ring (bicyclic) bond motifs is 7. The largest absolute Gasteiger partial charge is 0.481 e. The number of nitrogens with one attached hydrogen (secondary N) is 1. The Morgan fingerprint density at radius 2 is 1.54 bits per heavy atom. The fourth-order valence-electron chi connectivity index (χ4n) is 12.6. The number of hydrogen-bond donors (Lipinski definition) is 2. The minimum atomic E-state index is -1.16. The van der Waals surface area contributed by atoms with Gasteiger partial charge < -0.3 is 19.9 Å². The summed E-state index contributed by atoms with van der Waals surface area (Å²) in [4.78, 5) is 51.8. The minimum absolute atomic E-state index is 0.0171. The van der Waals surface area contributed by atoms with Crippen molar-refractivity contribution in [3.05, 3.63) is 11.1 Å². The molecule has 1 amide bonds. The number of ether oxygens (including phenoxy) is 2. The van der Waals surface area contributed by atoms with Crippen LogP contribution in [-0.2, 0) is 23.9 Å². The molecule has 8 heteroatoms.